The molecule has 0 saturated carbocycles. The van der Waals surface area contributed by atoms with Crippen LogP contribution in [0.25, 0.3) is 0 Å². The maximum atomic E-state index is 9.04. The molecule has 0 aromatic carbocycles. The standard InChI is InChI=1S/C11H23NO/c1-2-3-6-11(8-10-13)7-4-5-9-12-11/h12-13H,2-10H2,1H3. The van der Waals surface area contributed by atoms with Gasteiger partial charge in [0.25, 0.3) is 0 Å². The molecular weight excluding hydrogens is 162 g/mol. The van der Waals surface area contributed by atoms with Crippen molar-refractivity contribution in [1.82, 2.24) is 5.32 Å². The lowest BCUT2D eigenvalue weighted by molar-refractivity contribution is 0.165. The molecule has 0 aromatic rings. The topological polar surface area (TPSA) is 32.3 Å². The van der Waals surface area contributed by atoms with Gasteiger partial charge in [0.2, 0.25) is 0 Å². The van der Waals surface area contributed by atoms with E-state index in [1.165, 1.54) is 38.5 Å². The van der Waals surface area contributed by atoms with E-state index in [1.807, 2.05) is 0 Å². The average molecular weight is 185 g/mol. The molecule has 1 aliphatic heterocycles. The van der Waals surface area contributed by atoms with E-state index >= 15 is 0 Å². The molecule has 2 nitrogen and oxygen atoms in total. The Balaban J connectivity index is 2.40. The van der Waals surface area contributed by atoms with Crippen molar-refractivity contribution in [2.75, 3.05) is 13.2 Å². The summed E-state index contributed by atoms with van der Waals surface area (Å²) in [6.07, 6.45) is 8.61. The van der Waals surface area contributed by atoms with Crippen LogP contribution in [0.4, 0.5) is 0 Å². The van der Waals surface area contributed by atoms with E-state index in [-0.39, 0.29) is 5.54 Å². The summed E-state index contributed by atoms with van der Waals surface area (Å²) < 4.78 is 0. The van der Waals surface area contributed by atoms with Gasteiger partial charge in [-0.2, -0.15) is 0 Å². The Bertz CT molecular complexity index is 125. The van der Waals surface area contributed by atoms with Crippen molar-refractivity contribution in [2.45, 2.75) is 57.4 Å². The Labute approximate surface area is 81.7 Å². The van der Waals surface area contributed by atoms with Crippen LogP contribution >= 0.6 is 0 Å². The zero-order chi connectivity index (χ0) is 9.57. The Morgan fingerprint density at radius 3 is 2.69 bits per heavy atom. The van der Waals surface area contributed by atoms with Crippen molar-refractivity contribution < 1.29 is 5.11 Å². The summed E-state index contributed by atoms with van der Waals surface area (Å²) in [5.74, 6) is 0. The fourth-order valence-corrected chi connectivity index (χ4v) is 2.31. The maximum Gasteiger partial charge on any atom is 0.0448 e. The lowest BCUT2D eigenvalue weighted by atomic mass is 9.82. The summed E-state index contributed by atoms with van der Waals surface area (Å²) in [6, 6.07) is 0. The molecule has 1 atom stereocenters. The Kier molecular flexibility index (Phi) is 4.74. The SMILES string of the molecule is CCCCC1(CCO)CCCCN1. The summed E-state index contributed by atoms with van der Waals surface area (Å²) >= 11 is 0. The van der Waals surface area contributed by atoms with Gasteiger partial charge in [0.1, 0.15) is 0 Å². The second kappa shape index (κ2) is 5.61. The third-order valence-corrected chi connectivity index (χ3v) is 3.18. The molecule has 78 valence electrons. The zero-order valence-corrected chi connectivity index (χ0v) is 8.81. The first kappa shape index (κ1) is 11.0. The molecule has 0 aromatic heterocycles. The van der Waals surface area contributed by atoms with E-state index in [4.69, 9.17) is 5.11 Å². The number of unbranched alkanes of at least 4 members (excludes halogenated alkanes) is 1. The van der Waals surface area contributed by atoms with Crippen LogP contribution in [0.3, 0.4) is 0 Å². The number of hydrogen-bond acceptors (Lipinski definition) is 2. The monoisotopic (exact) mass is 185 g/mol. The number of hydrogen-bond donors (Lipinski definition) is 2. The minimum absolute atomic E-state index is 0.281. The minimum atomic E-state index is 0.281. The van der Waals surface area contributed by atoms with Crippen LogP contribution in [-0.2, 0) is 0 Å². The molecule has 0 spiro atoms. The fraction of sp³-hybridized carbons (Fsp3) is 1.00. The molecule has 0 bridgehead atoms. The quantitative estimate of drug-likeness (QED) is 0.687. The van der Waals surface area contributed by atoms with E-state index in [0.29, 0.717) is 6.61 Å². The van der Waals surface area contributed by atoms with Crippen LogP contribution in [0.1, 0.15) is 51.9 Å². The molecule has 1 unspecified atom stereocenters. The highest BCUT2D eigenvalue weighted by Gasteiger charge is 2.29. The summed E-state index contributed by atoms with van der Waals surface area (Å²) in [5.41, 5.74) is 0.281. The molecule has 2 heteroatoms. The second-order valence-electron chi connectivity index (χ2n) is 4.24. The van der Waals surface area contributed by atoms with Crippen molar-refractivity contribution >= 4 is 0 Å². The molecule has 0 amide bonds. The Morgan fingerprint density at radius 2 is 2.15 bits per heavy atom. The van der Waals surface area contributed by atoms with Gasteiger partial charge in [0, 0.05) is 12.1 Å². The Hall–Kier alpha value is -0.0800. The van der Waals surface area contributed by atoms with Crippen LogP contribution in [0.2, 0.25) is 0 Å². The van der Waals surface area contributed by atoms with Crippen LogP contribution in [0.15, 0.2) is 0 Å². The summed E-state index contributed by atoms with van der Waals surface area (Å²) in [7, 11) is 0. The number of rotatable bonds is 5. The number of nitrogens with one attached hydrogen (secondary N) is 1. The number of aliphatic hydroxyl groups excluding tert-OH is 1. The molecule has 0 aliphatic carbocycles. The summed E-state index contributed by atoms with van der Waals surface area (Å²) in [6.45, 7) is 3.70. The van der Waals surface area contributed by atoms with Crippen molar-refractivity contribution in [3.8, 4) is 0 Å². The van der Waals surface area contributed by atoms with Gasteiger partial charge in [-0.15, -0.1) is 0 Å². The fourth-order valence-electron chi connectivity index (χ4n) is 2.31. The molecular formula is C11H23NO. The van der Waals surface area contributed by atoms with E-state index < -0.39 is 0 Å². The third-order valence-electron chi connectivity index (χ3n) is 3.18. The van der Waals surface area contributed by atoms with Gasteiger partial charge in [-0.05, 0) is 32.2 Å². The summed E-state index contributed by atoms with van der Waals surface area (Å²) in [5, 5.41) is 12.7. The first-order valence-corrected chi connectivity index (χ1v) is 5.69. The predicted octanol–water partition coefficient (Wildman–Crippen LogP) is 2.07. The third kappa shape index (κ3) is 3.28. The van der Waals surface area contributed by atoms with Gasteiger partial charge >= 0.3 is 0 Å². The minimum Gasteiger partial charge on any atom is -0.396 e. The van der Waals surface area contributed by atoms with Gasteiger partial charge in [0.15, 0.2) is 0 Å². The molecule has 13 heavy (non-hydrogen) atoms. The first-order valence-electron chi connectivity index (χ1n) is 5.69. The van der Waals surface area contributed by atoms with Crippen LogP contribution in [-0.4, -0.2) is 23.8 Å². The van der Waals surface area contributed by atoms with Crippen LogP contribution in [0.5, 0.6) is 0 Å². The highest BCUT2D eigenvalue weighted by Crippen LogP contribution is 2.27. The molecule has 0 radical (unpaired) electrons. The van der Waals surface area contributed by atoms with Gasteiger partial charge in [-0.1, -0.05) is 26.2 Å². The zero-order valence-electron chi connectivity index (χ0n) is 8.81. The number of aliphatic hydroxyl groups is 1. The lowest BCUT2D eigenvalue weighted by Crippen LogP contribution is -2.49. The molecule has 2 N–H and O–H groups in total. The van der Waals surface area contributed by atoms with E-state index in [9.17, 15) is 0 Å². The largest absolute Gasteiger partial charge is 0.396 e. The van der Waals surface area contributed by atoms with Crippen LogP contribution < -0.4 is 5.32 Å². The molecule has 1 heterocycles. The maximum absolute atomic E-state index is 9.04. The van der Waals surface area contributed by atoms with Crippen molar-refractivity contribution in [3.63, 3.8) is 0 Å². The predicted molar refractivity (Wildman–Crippen MR) is 55.8 cm³/mol. The molecule has 1 saturated heterocycles. The van der Waals surface area contributed by atoms with Gasteiger partial charge in [-0.3, -0.25) is 0 Å². The second-order valence-corrected chi connectivity index (χ2v) is 4.24. The molecule has 1 fully saturated rings. The van der Waals surface area contributed by atoms with E-state index in [0.717, 1.165) is 13.0 Å². The van der Waals surface area contributed by atoms with Crippen molar-refractivity contribution in [3.05, 3.63) is 0 Å². The summed E-state index contributed by atoms with van der Waals surface area (Å²) in [4.78, 5) is 0. The average Bonchev–Trinajstić information content (AvgIpc) is 2.17. The van der Waals surface area contributed by atoms with E-state index in [2.05, 4.69) is 12.2 Å². The molecule has 1 rings (SSSR count). The highest BCUT2D eigenvalue weighted by molar-refractivity contribution is 4.90. The van der Waals surface area contributed by atoms with Gasteiger partial charge in [0.05, 0.1) is 0 Å². The van der Waals surface area contributed by atoms with Gasteiger partial charge < -0.3 is 10.4 Å². The molecule has 1 aliphatic rings. The van der Waals surface area contributed by atoms with Crippen molar-refractivity contribution in [1.29, 1.82) is 0 Å². The van der Waals surface area contributed by atoms with E-state index in [1.54, 1.807) is 0 Å². The lowest BCUT2D eigenvalue weighted by Gasteiger charge is -2.38. The number of piperidine rings is 1. The normalized spacial score (nSPS) is 29.1. The highest BCUT2D eigenvalue weighted by atomic mass is 16.3. The van der Waals surface area contributed by atoms with Gasteiger partial charge in [-0.25, -0.2) is 0 Å². The van der Waals surface area contributed by atoms with Crippen LogP contribution in [0, 0.1) is 0 Å². The first-order chi connectivity index (χ1) is 6.33. The Morgan fingerprint density at radius 1 is 1.31 bits per heavy atom. The smallest absolute Gasteiger partial charge is 0.0448 e. The van der Waals surface area contributed by atoms with Crippen molar-refractivity contribution in [2.24, 2.45) is 0 Å².